The van der Waals surface area contributed by atoms with Crippen molar-refractivity contribution in [3.63, 3.8) is 0 Å². The Labute approximate surface area is 123 Å². The van der Waals surface area contributed by atoms with E-state index in [9.17, 15) is 23.3 Å². The summed E-state index contributed by atoms with van der Waals surface area (Å²) in [5.41, 5.74) is 1.71. The Morgan fingerprint density at radius 3 is 2.55 bits per heavy atom. The van der Waals surface area contributed by atoms with Gasteiger partial charge in [-0.25, -0.2) is 0 Å². The number of nitrogens with zero attached hydrogens (tertiary/aromatic N) is 2. The first-order valence-corrected chi connectivity index (χ1v) is 6.07. The normalized spacial score (nSPS) is 11.6. The first-order valence-electron chi connectivity index (χ1n) is 6.07. The van der Waals surface area contributed by atoms with Crippen molar-refractivity contribution in [3.05, 3.63) is 69.8 Å². The van der Waals surface area contributed by atoms with Gasteiger partial charge in [-0.3, -0.25) is 15.5 Å². The number of halogens is 3. The molecule has 8 heteroatoms. The van der Waals surface area contributed by atoms with Crippen LogP contribution in [0.15, 0.2) is 53.6 Å². The maximum absolute atomic E-state index is 12.8. The van der Waals surface area contributed by atoms with Crippen molar-refractivity contribution in [1.82, 2.24) is 0 Å². The molecule has 0 aliphatic rings. The van der Waals surface area contributed by atoms with Crippen molar-refractivity contribution in [1.29, 1.82) is 0 Å². The molecule has 5 nitrogen and oxygen atoms in total. The second kappa shape index (κ2) is 6.25. The smallest absolute Gasteiger partial charge is 0.278 e. The van der Waals surface area contributed by atoms with E-state index in [2.05, 4.69) is 10.5 Å². The van der Waals surface area contributed by atoms with Crippen molar-refractivity contribution in [3.8, 4) is 0 Å². The highest BCUT2D eigenvalue weighted by atomic mass is 19.4. The highest BCUT2D eigenvalue weighted by Gasteiger charge is 2.32. The first kappa shape index (κ1) is 15.5. The third-order valence-electron chi connectivity index (χ3n) is 2.72. The lowest BCUT2D eigenvalue weighted by molar-refractivity contribution is -0.384. The number of nitro benzene ring substituents is 1. The van der Waals surface area contributed by atoms with E-state index in [0.717, 1.165) is 12.3 Å². The number of nitrogens with one attached hydrogen (secondary N) is 1. The van der Waals surface area contributed by atoms with Gasteiger partial charge < -0.3 is 0 Å². The van der Waals surface area contributed by atoms with E-state index in [1.165, 1.54) is 42.5 Å². The number of benzene rings is 2. The molecule has 2 aromatic rings. The number of anilines is 1. The van der Waals surface area contributed by atoms with Crippen molar-refractivity contribution >= 4 is 17.6 Å². The number of rotatable bonds is 4. The highest BCUT2D eigenvalue weighted by Crippen LogP contribution is 2.31. The number of non-ortho nitro benzene ring substituents is 1. The Kier molecular flexibility index (Phi) is 4.40. The summed E-state index contributed by atoms with van der Waals surface area (Å²) in [5, 5.41) is 14.3. The standard InChI is InChI=1S/C14H10F3N3O2/c15-14(16,17)13-7-2-1-4-10(13)9-18-19-11-5-3-6-12(8-11)20(21)22/h1-9,19H/b18-9+. The molecule has 2 aromatic carbocycles. The van der Waals surface area contributed by atoms with Crippen molar-refractivity contribution in [2.45, 2.75) is 6.18 Å². The molecule has 0 saturated heterocycles. The monoisotopic (exact) mass is 309 g/mol. The Hall–Kier alpha value is -2.90. The van der Waals surface area contributed by atoms with Crippen LogP contribution in [0.25, 0.3) is 0 Å². The molecule has 0 unspecified atom stereocenters. The summed E-state index contributed by atoms with van der Waals surface area (Å²) in [5.74, 6) is 0. The van der Waals surface area contributed by atoms with Crippen molar-refractivity contribution in [2.75, 3.05) is 5.43 Å². The minimum absolute atomic E-state index is 0.104. The van der Waals surface area contributed by atoms with Crippen LogP contribution in [0.2, 0.25) is 0 Å². The fourth-order valence-corrected chi connectivity index (χ4v) is 1.73. The molecular weight excluding hydrogens is 299 g/mol. The number of hydrazone groups is 1. The van der Waals surface area contributed by atoms with Crippen LogP contribution < -0.4 is 5.43 Å². The van der Waals surface area contributed by atoms with Gasteiger partial charge in [-0.2, -0.15) is 18.3 Å². The van der Waals surface area contributed by atoms with E-state index in [1.807, 2.05) is 0 Å². The van der Waals surface area contributed by atoms with E-state index in [-0.39, 0.29) is 11.3 Å². The van der Waals surface area contributed by atoms with Crippen LogP contribution in [0.5, 0.6) is 0 Å². The van der Waals surface area contributed by atoms with E-state index in [0.29, 0.717) is 5.69 Å². The molecule has 1 N–H and O–H groups in total. The maximum Gasteiger partial charge on any atom is 0.417 e. The van der Waals surface area contributed by atoms with Crippen LogP contribution in [0, 0.1) is 10.1 Å². The van der Waals surface area contributed by atoms with Crippen LogP contribution >= 0.6 is 0 Å². The Bertz CT molecular complexity index is 714. The molecule has 0 amide bonds. The average molecular weight is 309 g/mol. The average Bonchev–Trinajstić information content (AvgIpc) is 2.47. The van der Waals surface area contributed by atoms with Gasteiger partial charge in [0.05, 0.1) is 22.4 Å². The van der Waals surface area contributed by atoms with Crippen LogP contribution in [0.1, 0.15) is 11.1 Å². The molecule has 2 rings (SSSR count). The molecule has 0 aromatic heterocycles. The molecule has 0 atom stereocenters. The lowest BCUT2D eigenvalue weighted by atomic mass is 10.1. The SMILES string of the molecule is O=[N+]([O-])c1cccc(N/N=C/c2ccccc2C(F)(F)F)c1. The van der Waals surface area contributed by atoms with Gasteiger partial charge in [-0.05, 0) is 12.1 Å². The number of hydrogen-bond acceptors (Lipinski definition) is 4. The minimum atomic E-state index is -4.48. The molecule has 0 aliphatic heterocycles. The van der Waals surface area contributed by atoms with Crippen LogP contribution in [-0.2, 0) is 6.18 Å². The summed E-state index contributed by atoms with van der Waals surface area (Å²) in [6.07, 6.45) is -3.46. The fraction of sp³-hybridized carbons (Fsp3) is 0.0714. The van der Waals surface area contributed by atoms with E-state index in [4.69, 9.17) is 0 Å². The number of hydrogen-bond donors (Lipinski definition) is 1. The lowest BCUT2D eigenvalue weighted by Crippen LogP contribution is -2.08. The largest absolute Gasteiger partial charge is 0.417 e. The zero-order valence-corrected chi connectivity index (χ0v) is 11.0. The van der Waals surface area contributed by atoms with Gasteiger partial charge in [-0.15, -0.1) is 0 Å². The molecule has 0 heterocycles. The van der Waals surface area contributed by atoms with Gasteiger partial charge in [0.1, 0.15) is 0 Å². The van der Waals surface area contributed by atoms with Crippen LogP contribution in [0.4, 0.5) is 24.5 Å². The zero-order valence-electron chi connectivity index (χ0n) is 11.0. The van der Waals surface area contributed by atoms with E-state index in [1.54, 1.807) is 0 Å². The summed E-state index contributed by atoms with van der Waals surface area (Å²) in [6, 6.07) is 10.5. The second-order valence-electron chi connectivity index (χ2n) is 4.26. The highest BCUT2D eigenvalue weighted by molar-refractivity contribution is 5.82. The molecule has 0 bridgehead atoms. The number of nitro groups is 1. The van der Waals surface area contributed by atoms with E-state index >= 15 is 0 Å². The second-order valence-corrected chi connectivity index (χ2v) is 4.26. The van der Waals surface area contributed by atoms with E-state index < -0.39 is 16.7 Å². The zero-order chi connectivity index (χ0) is 16.2. The van der Waals surface area contributed by atoms with Crippen molar-refractivity contribution < 1.29 is 18.1 Å². The van der Waals surface area contributed by atoms with Crippen LogP contribution in [0.3, 0.4) is 0 Å². The molecule has 0 saturated carbocycles. The minimum Gasteiger partial charge on any atom is -0.278 e. The van der Waals surface area contributed by atoms with Gasteiger partial charge in [0.15, 0.2) is 0 Å². The molecule has 22 heavy (non-hydrogen) atoms. The van der Waals surface area contributed by atoms with Gasteiger partial charge in [0.25, 0.3) is 5.69 Å². The Morgan fingerprint density at radius 1 is 1.14 bits per heavy atom. The maximum atomic E-state index is 12.8. The predicted octanol–water partition coefficient (Wildman–Crippen LogP) is 4.06. The molecule has 0 fully saturated rings. The Morgan fingerprint density at radius 2 is 1.86 bits per heavy atom. The molecule has 0 spiro atoms. The van der Waals surface area contributed by atoms with Crippen molar-refractivity contribution in [2.24, 2.45) is 5.10 Å². The summed E-state index contributed by atoms with van der Waals surface area (Å²) < 4.78 is 38.4. The third kappa shape index (κ3) is 3.81. The quantitative estimate of drug-likeness (QED) is 0.526. The lowest BCUT2D eigenvalue weighted by Gasteiger charge is -2.09. The fourth-order valence-electron chi connectivity index (χ4n) is 1.73. The molecular formula is C14H10F3N3O2. The first-order chi connectivity index (χ1) is 10.4. The Balaban J connectivity index is 2.17. The van der Waals surface area contributed by atoms with Crippen LogP contribution in [-0.4, -0.2) is 11.1 Å². The third-order valence-corrected chi connectivity index (χ3v) is 2.72. The summed E-state index contributed by atoms with van der Waals surface area (Å²) >= 11 is 0. The predicted molar refractivity (Wildman–Crippen MR) is 75.8 cm³/mol. The molecule has 0 radical (unpaired) electrons. The summed E-state index contributed by atoms with van der Waals surface area (Å²) in [7, 11) is 0. The van der Waals surface area contributed by atoms with Gasteiger partial charge in [0.2, 0.25) is 0 Å². The topological polar surface area (TPSA) is 67.5 Å². The number of alkyl halides is 3. The summed E-state index contributed by atoms with van der Waals surface area (Å²) in [6.45, 7) is 0. The molecule has 114 valence electrons. The summed E-state index contributed by atoms with van der Waals surface area (Å²) in [4.78, 5) is 10.0. The molecule has 0 aliphatic carbocycles. The van der Waals surface area contributed by atoms with Gasteiger partial charge >= 0.3 is 6.18 Å². The van der Waals surface area contributed by atoms with Gasteiger partial charge in [0, 0.05) is 17.7 Å². The van der Waals surface area contributed by atoms with Gasteiger partial charge in [-0.1, -0.05) is 24.3 Å².